The molecular weight excluding hydrogens is 644 g/mol. The number of unbranched alkanes of at least 4 members (excludes halogenated alkanes) is 1. The van der Waals surface area contributed by atoms with Gasteiger partial charge >= 0.3 is 5.97 Å². The summed E-state index contributed by atoms with van der Waals surface area (Å²) in [5, 5.41) is 27.2. The number of phenolic OH excluding ortho intramolecular Hbond substituents is 1. The molecule has 0 unspecified atom stereocenters. The summed E-state index contributed by atoms with van der Waals surface area (Å²) in [4.78, 5) is 80.0. The summed E-state index contributed by atoms with van der Waals surface area (Å²) in [7, 11) is 2.77. The van der Waals surface area contributed by atoms with E-state index in [1.165, 1.54) is 26.2 Å². The number of carbonyl (C=O) groups is 6. The number of nitrogens with one attached hydrogen (secondary N) is 3. The first-order valence-corrected chi connectivity index (χ1v) is 16.9. The number of amides is 5. The van der Waals surface area contributed by atoms with E-state index in [1.54, 1.807) is 49.4 Å². The molecule has 2 aromatic carbocycles. The van der Waals surface area contributed by atoms with E-state index in [1.807, 2.05) is 13.8 Å². The van der Waals surface area contributed by atoms with E-state index in [4.69, 9.17) is 5.73 Å². The Kier molecular flexibility index (Phi) is 16.9. The second-order valence-electron chi connectivity index (χ2n) is 12.6. The summed E-state index contributed by atoms with van der Waals surface area (Å²) in [5.41, 5.74) is 7.44. The van der Waals surface area contributed by atoms with E-state index < -0.39 is 72.8 Å². The number of rotatable bonds is 20. The summed E-state index contributed by atoms with van der Waals surface area (Å²) in [6.07, 6.45) is 2.64. The van der Waals surface area contributed by atoms with Crippen LogP contribution in [0.1, 0.15) is 57.6 Å². The largest absolute Gasteiger partial charge is 0.508 e. The molecule has 0 aliphatic rings. The summed E-state index contributed by atoms with van der Waals surface area (Å²) < 4.78 is 0. The Hall–Kier alpha value is -4.98. The van der Waals surface area contributed by atoms with Gasteiger partial charge in [-0.05, 0) is 35.6 Å². The van der Waals surface area contributed by atoms with Crippen LogP contribution in [0.15, 0.2) is 54.6 Å². The minimum absolute atomic E-state index is 0.0409. The lowest BCUT2D eigenvalue weighted by Gasteiger charge is -2.30. The van der Waals surface area contributed by atoms with Crippen LogP contribution in [0.4, 0.5) is 0 Å². The molecule has 0 aromatic heterocycles. The Morgan fingerprint density at radius 3 is 1.96 bits per heavy atom. The number of aliphatic carboxylic acids is 1. The Labute approximate surface area is 293 Å². The van der Waals surface area contributed by atoms with Crippen molar-refractivity contribution in [1.29, 1.82) is 0 Å². The van der Waals surface area contributed by atoms with Gasteiger partial charge in [0.15, 0.2) is 0 Å². The first kappa shape index (κ1) is 41.2. The molecule has 2 rings (SSSR count). The highest BCUT2D eigenvalue weighted by Gasteiger charge is 2.33. The highest BCUT2D eigenvalue weighted by Crippen LogP contribution is 2.15. The van der Waals surface area contributed by atoms with Gasteiger partial charge in [0.2, 0.25) is 29.5 Å². The van der Waals surface area contributed by atoms with Crippen molar-refractivity contribution in [1.82, 2.24) is 25.8 Å². The first-order valence-electron chi connectivity index (χ1n) is 16.9. The highest BCUT2D eigenvalue weighted by molar-refractivity contribution is 5.95. The van der Waals surface area contributed by atoms with Crippen LogP contribution < -0.4 is 21.7 Å². The number of nitrogens with two attached hydrogens (primary N) is 1. The lowest BCUT2D eigenvalue weighted by molar-refractivity contribution is -0.144. The summed E-state index contributed by atoms with van der Waals surface area (Å²) in [5.74, 6) is -4.48. The van der Waals surface area contributed by atoms with Crippen molar-refractivity contribution < 1.29 is 39.0 Å². The zero-order chi connectivity index (χ0) is 37.4. The Bertz CT molecular complexity index is 1440. The van der Waals surface area contributed by atoms with Crippen molar-refractivity contribution in [2.24, 2.45) is 11.7 Å². The van der Waals surface area contributed by atoms with Crippen molar-refractivity contribution in [3.8, 4) is 5.75 Å². The van der Waals surface area contributed by atoms with Crippen LogP contribution in [-0.4, -0.2) is 107 Å². The molecule has 0 fully saturated rings. The number of carboxylic acid groups (broad SMARTS) is 1. The second kappa shape index (κ2) is 20.5. The fourth-order valence-electron chi connectivity index (χ4n) is 5.08. The minimum Gasteiger partial charge on any atom is -0.508 e. The number of aromatic hydroxyl groups is 1. The van der Waals surface area contributed by atoms with Gasteiger partial charge in [0.1, 0.15) is 23.9 Å². The standard InChI is InChI=1S/C36H52N6O8/c1-6-8-14-27(37)33(46)39-28(19-25-15-17-26(43)18-16-25)34(47)40-32(23(3)7-2)35(48)42(5)22-31(45)41(4)21-30(44)38-29(36(49)50)20-24-12-10-9-11-13-24/h9-13,15-18,23,27-29,32,43H,6-8,14,19-22,37H2,1-5H3,(H,38,44)(H,39,46)(H,40,47)(H,49,50)/t23-,27-,28-,29+,32-/m0/s1. The number of likely N-dealkylation sites (N-methyl/N-ethyl adjacent to an activating group) is 2. The van der Waals surface area contributed by atoms with Crippen molar-refractivity contribution in [2.45, 2.75) is 83.5 Å². The Morgan fingerprint density at radius 2 is 1.38 bits per heavy atom. The van der Waals surface area contributed by atoms with E-state index in [-0.39, 0.29) is 24.5 Å². The van der Waals surface area contributed by atoms with Crippen LogP contribution in [0.3, 0.4) is 0 Å². The molecule has 0 spiro atoms. The second-order valence-corrected chi connectivity index (χ2v) is 12.6. The number of benzene rings is 2. The van der Waals surface area contributed by atoms with Crippen molar-refractivity contribution in [2.75, 3.05) is 27.2 Å². The van der Waals surface area contributed by atoms with Crippen molar-refractivity contribution >= 4 is 35.5 Å². The predicted octanol–water partition coefficient (Wildman–Crippen LogP) is 1.20. The van der Waals surface area contributed by atoms with Gasteiger partial charge in [-0.25, -0.2) is 4.79 Å². The van der Waals surface area contributed by atoms with Crippen LogP contribution in [0, 0.1) is 5.92 Å². The summed E-state index contributed by atoms with van der Waals surface area (Å²) in [6.45, 7) is 4.74. The minimum atomic E-state index is -1.22. The van der Waals surface area contributed by atoms with Gasteiger partial charge < -0.3 is 41.7 Å². The van der Waals surface area contributed by atoms with Gasteiger partial charge in [-0.15, -0.1) is 0 Å². The molecule has 0 aliphatic heterocycles. The average molecular weight is 697 g/mol. The lowest BCUT2D eigenvalue weighted by atomic mass is 9.96. The van der Waals surface area contributed by atoms with E-state index in [0.29, 0.717) is 18.4 Å². The number of carbonyl (C=O) groups excluding carboxylic acids is 5. The molecule has 7 N–H and O–H groups in total. The SMILES string of the molecule is CCCC[C@H](N)C(=O)N[C@@H](Cc1ccc(O)cc1)C(=O)N[C@H](C(=O)N(C)CC(=O)N(C)CC(=O)N[C@H](Cc1ccccc1)C(=O)O)[C@@H](C)CC. The van der Waals surface area contributed by atoms with E-state index in [0.717, 1.165) is 28.2 Å². The average Bonchev–Trinajstić information content (AvgIpc) is 3.09. The number of phenols is 1. The van der Waals surface area contributed by atoms with Crippen LogP contribution >= 0.6 is 0 Å². The molecule has 0 radical (unpaired) electrons. The van der Waals surface area contributed by atoms with Crippen LogP contribution in [-0.2, 0) is 41.6 Å². The van der Waals surface area contributed by atoms with Gasteiger partial charge in [0.25, 0.3) is 0 Å². The molecule has 274 valence electrons. The van der Waals surface area contributed by atoms with E-state index in [2.05, 4.69) is 16.0 Å². The van der Waals surface area contributed by atoms with Gasteiger partial charge in [-0.2, -0.15) is 0 Å². The molecule has 0 aliphatic carbocycles. The van der Waals surface area contributed by atoms with Crippen LogP contribution in [0.25, 0.3) is 0 Å². The number of carboxylic acids is 1. The highest BCUT2D eigenvalue weighted by atomic mass is 16.4. The molecule has 0 saturated carbocycles. The van der Waals surface area contributed by atoms with Crippen LogP contribution in [0.2, 0.25) is 0 Å². The van der Waals surface area contributed by atoms with Crippen molar-refractivity contribution in [3.63, 3.8) is 0 Å². The maximum absolute atomic E-state index is 13.7. The molecule has 50 heavy (non-hydrogen) atoms. The Morgan fingerprint density at radius 1 is 0.780 bits per heavy atom. The molecule has 14 heteroatoms. The monoisotopic (exact) mass is 696 g/mol. The molecule has 0 saturated heterocycles. The fraction of sp³-hybridized carbons (Fsp3) is 0.500. The van der Waals surface area contributed by atoms with Gasteiger partial charge in [-0.3, -0.25) is 24.0 Å². The maximum atomic E-state index is 13.7. The third-order valence-corrected chi connectivity index (χ3v) is 8.46. The number of hydrogen-bond acceptors (Lipinski definition) is 8. The molecule has 5 amide bonds. The first-order chi connectivity index (χ1) is 23.7. The quantitative estimate of drug-likeness (QED) is 0.117. The third-order valence-electron chi connectivity index (χ3n) is 8.46. The Balaban J connectivity index is 2.11. The van der Waals surface area contributed by atoms with Gasteiger partial charge in [0.05, 0.1) is 19.1 Å². The predicted molar refractivity (Wildman–Crippen MR) is 188 cm³/mol. The molecular formula is C36H52N6O8. The normalized spacial score (nSPS) is 13.9. The lowest BCUT2D eigenvalue weighted by Crippen LogP contribution is -2.58. The molecule has 0 heterocycles. The molecule has 0 bridgehead atoms. The van der Waals surface area contributed by atoms with Crippen molar-refractivity contribution in [3.05, 3.63) is 65.7 Å². The summed E-state index contributed by atoms with van der Waals surface area (Å²) >= 11 is 0. The smallest absolute Gasteiger partial charge is 0.326 e. The third kappa shape index (κ3) is 13.5. The molecule has 14 nitrogen and oxygen atoms in total. The van der Waals surface area contributed by atoms with E-state index >= 15 is 0 Å². The fourth-order valence-corrected chi connectivity index (χ4v) is 5.08. The zero-order valence-electron chi connectivity index (χ0n) is 29.6. The topological polar surface area (TPSA) is 211 Å². The molecule has 2 aromatic rings. The number of nitrogens with zero attached hydrogens (tertiary/aromatic N) is 2. The van der Waals surface area contributed by atoms with Gasteiger partial charge in [0, 0.05) is 26.9 Å². The summed E-state index contributed by atoms with van der Waals surface area (Å²) in [6, 6.07) is 10.8. The number of hydrogen-bond donors (Lipinski definition) is 6. The van der Waals surface area contributed by atoms with Gasteiger partial charge in [-0.1, -0.05) is 82.5 Å². The maximum Gasteiger partial charge on any atom is 0.326 e. The molecule has 5 atom stereocenters. The zero-order valence-corrected chi connectivity index (χ0v) is 29.6. The van der Waals surface area contributed by atoms with Crippen LogP contribution in [0.5, 0.6) is 5.75 Å². The van der Waals surface area contributed by atoms with E-state index in [9.17, 15) is 39.0 Å².